The third kappa shape index (κ3) is 4.46. The Hall–Kier alpha value is -0.0800. The zero-order valence-corrected chi connectivity index (χ0v) is 14.7. The SMILES string of the molecule is CCCCCCN1CC(C(C)CC)NCC1(CC)CC. The molecular weight excluding hydrogens is 244 g/mol. The van der Waals surface area contributed by atoms with E-state index in [-0.39, 0.29) is 0 Å². The topological polar surface area (TPSA) is 15.3 Å². The molecule has 1 N–H and O–H groups in total. The molecule has 0 saturated carbocycles. The van der Waals surface area contributed by atoms with Gasteiger partial charge in [0.05, 0.1) is 0 Å². The summed E-state index contributed by atoms with van der Waals surface area (Å²) >= 11 is 0. The maximum Gasteiger partial charge on any atom is 0.0329 e. The van der Waals surface area contributed by atoms with Crippen LogP contribution in [0.15, 0.2) is 0 Å². The number of hydrogen-bond acceptors (Lipinski definition) is 2. The van der Waals surface area contributed by atoms with Gasteiger partial charge in [-0.15, -0.1) is 0 Å². The molecule has 1 aliphatic heterocycles. The van der Waals surface area contributed by atoms with E-state index in [1.54, 1.807) is 0 Å². The van der Waals surface area contributed by atoms with E-state index in [0.717, 1.165) is 5.92 Å². The molecule has 0 bridgehead atoms. The number of piperazine rings is 1. The summed E-state index contributed by atoms with van der Waals surface area (Å²) in [4.78, 5) is 2.83. The lowest BCUT2D eigenvalue weighted by Crippen LogP contribution is -2.65. The molecule has 2 nitrogen and oxygen atoms in total. The lowest BCUT2D eigenvalue weighted by Gasteiger charge is -2.51. The van der Waals surface area contributed by atoms with Crippen LogP contribution in [0.1, 0.15) is 79.6 Å². The second-order valence-corrected chi connectivity index (χ2v) is 6.81. The molecule has 2 heteroatoms. The highest BCUT2D eigenvalue weighted by Crippen LogP contribution is 2.29. The molecule has 0 spiro atoms. The standard InChI is InChI=1S/C18H38N2/c1-6-10-11-12-13-20-14-17(16(5)7-2)19-15-18(20,8-3)9-4/h16-17,19H,6-15H2,1-5H3. The Morgan fingerprint density at radius 2 is 1.80 bits per heavy atom. The fourth-order valence-corrected chi connectivity index (χ4v) is 3.60. The molecule has 1 heterocycles. The van der Waals surface area contributed by atoms with E-state index in [2.05, 4.69) is 44.8 Å². The summed E-state index contributed by atoms with van der Waals surface area (Å²) in [6, 6.07) is 0.692. The Morgan fingerprint density at radius 3 is 2.35 bits per heavy atom. The molecule has 0 aromatic rings. The molecule has 0 amide bonds. The van der Waals surface area contributed by atoms with Gasteiger partial charge in [0.2, 0.25) is 0 Å². The third-order valence-electron chi connectivity index (χ3n) is 5.71. The highest BCUT2D eigenvalue weighted by atomic mass is 15.3. The normalized spacial score (nSPS) is 24.8. The van der Waals surface area contributed by atoms with Gasteiger partial charge in [-0.1, -0.05) is 60.3 Å². The maximum atomic E-state index is 3.85. The number of unbranched alkanes of at least 4 members (excludes halogenated alkanes) is 3. The quantitative estimate of drug-likeness (QED) is 0.629. The average Bonchev–Trinajstić information content (AvgIpc) is 2.50. The van der Waals surface area contributed by atoms with Gasteiger partial charge in [-0.05, 0) is 31.7 Å². The van der Waals surface area contributed by atoms with Gasteiger partial charge in [-0.3, -0.25) is 4.90 Å². The monoisotopic (exact) mass is 282 g/mol. The van der Waals surface area contributed by atoms with Crippen LogP contribution >= 0.6 is 0 Å². The summed E-state index contributed by atoms with van der Waals surface area (Å²) < 4.78 is 0. The first kappa shape index (κ1) is 18.0. The molecule has 1 aliphatic rings. The van der Waals surface area contributed by atoms with Crippen molar-refractivity contribution in [3.8, 4) is 0 Å². The summed E-state index contributed by atoms with van der Waals surface area (Å²) in [6.07, 6.45) is 9.35. The predicted octanol–water partition coefficient (Wildman–Crippen LogP) is 4.45. The highest BCUT2D eigenvalue weighted by molar-refractivity contribution is 4.98. The maximum absolute atomic E-state index is 3.85. The molecule has 2 unspecified atom stereocenters. The van der Waals surface area contributed by atoms with Crippen LogP contribution in [0.4, 0.5) is 0 Å². The molecule has 0 aliphatic carbocycles. The summed E-state index contributed by atoms with van der Waals surface area (Å²) in [5, 5.41) is 3.85. The van der Waals surface area contributed by atoms with Gasteiger partial charge in [0.25, 0.3) is 0 Å². The fourth-order valence-electron chi connectivity index (χ4n) is 3.60. The third-order valence-corrected chi connectivity index (χ3v) is 5.71. The lowest BCUT2D eigenvalue weighted by molar-refractivity contribution is 0.0191. The van der Waals surface area contributed by atoms with Crippen molar-refractivity contribution in [2.24, 2.45) is 5.92 Å². The van der Waals surface area contributed by atoms with Crippen LogP contribution in [0.25, 0.3) is 0 Å². The summed E-state index contributed by atoms with van der Waals surface area (Å²) in [5.74, 6) is 0.792. The number of rotatable bonds is 9. The second-order valence-electron chi connectivity index (χ2n) is 6.81. The van der Waals surface area contributed by atoms with E-state index >= 15 is 0 Å². The summed E-state index contributed by atoms with van der Waals surface area (Å²) in [5.41, 5.74) is 0.413. The Labute approximate surface area is 127 Å². The molecule has 20 heavy (non-hydrogen) atoms. The van der Waals surface area contributed by atoms with E-state index in [4.69, 9.17) is 0 Å². The first-order valence-corrected chi connectivity index (χ1v) is 9.11. The van der Waals surface area contributed by atoms with E-state index in [0.29, 0.717) is 11.6 Å². The van der Waals surface area contributed by atoms with Crippen LogP contribution in [-0.2, 0) is 0 Å². The Morgan fingerprint density at radius 1 is 1.10 bits per heavy atom. The van der Waals surface area contributed by atoms with Gasteiger partial charge in [-0.25, -0.2) is 0 Å². The van der Waals surface area contributed by atoms with Crippen molar-refractivity contribution in [2.75, 3.05) is 19.6 Å². The van der Waals surface area contributed by atoms with E-state index in [1.165, 1.54) is 64.6 Å². The first-order valence-electron chi connectivity index (χ1n) is 9.11. The van der Waals surface area contributed by atoms with Crippen LogP contribution < -0.4 is 5.32 Å². The van der Waals surface area contributed by atoms with Crippen LogP contribution in [0.5, 0.6) is 0 Å². The Balaban J connectivity index is 2.62. The van der Waals surface area contributed by atoms with E-state index in [9.17, 15) is 0 Å². The van der Waals surface area contributed by atoms with Crippen LogP contribution in [0.2, 0.25) is 0 Å². The van der Waals surface area contributed by atoms with Crippen molar-refractivity contribution in [1.82, 2.24) is 10.2 Å². The van der Waals surface area contributed by atoms with Gasteiger partial charge in [0.1, 0.15) is 0 Å². The van der Waals surface area contributed by atoms with Gasteiger partial charge in [0.15, 0.2) is 0 Å². The molecule has 0 radical (unpaired) electrons. The van der Waals surface area contributed by atoms with Gasteiger partial charge in [-0.2, -0.15) is 0 Å². The summed E-state index contributed by atoms with van der Waals surface area (Å²) in [7, 11) is 0. The number of nitrogens with zero attached hydrogens (tertiary/aromatic N) is 1. The molecule has 0 aromatic carbocycles. The Bertz CT molecular complexity index is 248. The number of hydrogen-bond donors (Lipinski definition) is 1. The van der Waals surface area contributed by atoms with Crippen molar-refractivity contribution in [2.45, 2.75) is 91.1 Å². The van der Waals surface area contributed by atoms with Crippen LogP contribution in [0, 0.1) is 5.92 Å². The average molecular weight is 283 g/mol. The largest absolute Gasteiger partial charge is 0.311 e. The molecule has 1 rings (SSSR count). The molecule has 120 valence electrons. The summed E-state index contributed by atoms with van der Waals surface area (Å²) in [6.45, 7) is 15.5. The highest BCUT2D eigenvalue weighted by Gasteiger charge is 2.39. The van der Waals surface area contributed by atoms with E-state index in [1.807, 2.05) is 0 Å². The first-order chi connectivity index (χ1) is 9.63. The fraction of sp³-hybridized carbons (Fsp3) is 1.00. The minimum atomic E-state index is 0.413. The van der Waals surface area contributed by atoms with Gasteiger partial charge < -0.3 is 5.32 Å². The minimum Gasteiger partial charge on any atom is -0.311 e. The second kappa shape index (κ2) is 9.04. The van der Waals surface area contributed by atoms with E-state index < -0.39 is 0 Å². The molecule has 1 fully saturated rings. The molecule has 0 aromatic heterocycles. The van der Waals surface area contributed by atoms with Crippen LogP contribution in [-0.4, -0.2) is 36.1 Å². The van der Waals surface area contributed by atoms with Crippen molar-refractivity contribution in [3.05, 3.63) is 0 Å². The Kier molecular flexibility index (Phi) is 8.13. The van der Waals surface area contributed by atoms with Crippen LogP contribution in [0.3, 0.4) is 0 Å². The minimum absolute atomic E-state index is 0.413. The van der Waals surface area contributed by atoms with Crippen molar-refractivity contribution >= 4 is 0 Å². The zero-order chi connectivity index (χ0) is 15.0. The van der Waals surface area contributed by atoms with Crippen molar-refractivity contribution in [3.63, 3.8) is 0 Å². The molecule has 2 atom stereocenters. The van der Waals surface area contributed by atoms with Gasteiger partial charge in [0, 0.05) is 24.7 Å². The predicted molar refractivity (Wildman–Crippen MR) is 90.3 cm³/mol. The molecule has 1 saturated heterocycles. The molecular formula is C18H38N2. The smallest absolute Gasteiger partial charge is 0.0329 e. The van der Waals surface area contributed by atoms with Crippen molar-refractivity contribution < 1.29 is 0 Å². The lowest BCUT2D eigenvalue weighted by atomic mass is 9.84. The number of nitrogens with one attached hydrogen (secondary N) is 1. The van der Waals surface area contributed by atoms with Crippen molar-refractivity contribution in [1.29, 1.82) is 0 Å². The van der Waals surface area contributed by atoms with Gasteiger partial charge >= 0.3 is 0 Å². The zero-order valence-electron chi connectivity index (χ0n) is 14.7.